The number of amides is 2. The molecule has 1 aliphatic rings. The number of fused-ring (bicyclic) bond motifs is 1. The lowest BCUT2D eigenvalue weighted by molar-refractivity contribution is -0.114. The van der Waals surface area contributed by atoms with Crippen LogP contribution in [0.4, 0.5) is 15.8 Å². The Hall–Kier alpha value is -4.13. The van der Waals surface area contributed by atoms with E-state index in [9.17, 15) is 14.0 Å². The number of ether oxygens (including phenoxy) is 2. The van der Waals surface area contributed by atoms with Gasteiger partial charge >= 0.3 is 0 Å². The van der Waals surface area contributed by atoms with Crippen LogP contribution in [0.2, 0.25) is 0 Å². The number of carbonyl (C=O) groups excluding carboxylic acids is 2. The van der Waals surface area contributed by atoms with Crippen LogP contribution in [0.3, 0.4) is 0 Å². The molecule has 0 aliphatic carbocycles. The van der Waals surface area contributed by atoms with E-state index in [0.717, 1.165) is 5.56 Å². The van der Waals surface area contributed by atoms with Gasteiger partial charge in [0, 0.05) is 30.9 Å². The van der Waals surface area contributed by atoms with Gasteiger partial charge in [-0.15, -0.1) is 0 Å². The zero-order valence-corrected chi connectivity index (χ0v) is 18.1. The van der Waals surface area contributed by atoms with Gasteiger partial charge in [0.1, 0.15) is 19.0 Å². The minimum atomic E-state index is -0.677. The number of halogens is 1. The van der Waals surface area contributed by atoms with Gasteiger partial charge in [-0.05, 0) is 35.9 Å². The Balaban J connectivity index is 1.68. The van der Waals surface area contributed by atoms with Gasteiger partial charge in [0.25, 0.3) is 5.91 Å². The van der Waals surface area contributed by atoms with Crippen LogP contribution in [0.15, 0.2) is 72.8 Å². The Labute approximate surface area is 191 Å². The van der Waals surface area contributed by atoms with Gasteiger partial charge in [-0.25, -0.2) is 4.39 Å². The Kier molecular flexibility index (Phi) is 6.69. The van der Waals surface area contributed by atoms with Crippen molar-refractivity contribution in [2.75, 3.05) is 30.0 Å². The fraction of sp³-hybridized carbons (Fsp3) is 0.154. The predicted molar refractivity (Wildman–Crippen MR) is 125 cm³/mol. The van der Waals surface area contributed by atoms with E-state index in [1.165, 1.54) is 30.0 Å². The number of nitrogens with one attached hydrogen (secondary N) is 1. The molecule has 0 radical (unpaired) electrons. The van der Waals surface area contributed by atoms with Crippen molar-refractivity contribution in [3.05, 3.63) is 89.8 Å². The molecule has 0 unspecified atom stereocenters. The molecule has 0 aromatic heterocycles. The molecule has 2 amide bonds. The van der Waals surface area contributed by atoms with Crippen LogP contribution in [0.25, 0.3) is 6.08 Å². The van der Waals surface area contributed by atoms with Gasteiger partial charge in [0.05, 0.1) is 5.56 Å². The summed E-state index contributed by atoms with van der Waals surface area (Å²) in [5, 5.41) is 2.58. The van der Waals surface area contributed by atoms with Gasteiger partial charge in [-0.1, -0.05) is 42.5 Å². The lowest BCUT2D eigenvalue weighted by atomic mass is 10.1. The van der Waals surface area contributed by atoms with Crippen molar-refractivity contribution in [1.82, 2.24) is 0 Å². The number of rotatable bonds is 6. The molecule has 4 rings (SSSR count). The first-order chi connectivity index (χ1) is 16.0. The Morgan fingerprint density at radius 3 is 2.52 bits per heavy atom. The summed E-state index contributed by atoms with van der Waals surface area (Å²) in [7, 11) is 0. The van der Waals surface area contributed by atoms with E-state index >= 15 is 0 Å². The van der Waals surface area contributed by atoms with Gasteiger partial charge in [0.2, 0.25) is 5.91 Å². The van der Waals surface area contributed by atoms with Crippen molar-refractivity contribution in [2.45, 2.75) is 6.92 Å². The summed E-state index contributed by atoms with van der Waals surface area (Å²) in [6, 6.07) is 18.8. The first-order valence-electron chi connectivity index (χ1n) is 10.5. The van der Waals surface area contributed by atoms with Crippen molar-refractivity contribution >= 4 is 29.3 Å². The van der Waals surface area contributed by atoms with Gasteiger partial charge in [-0.2, -0.15) is 0 Å². The van der Waals surface area contributed by atoms with E-state index in [4.69, 9.17) is 9.47 Å². The van der Waals surface area contributed by atoms with Gasteiger partial charge < -0.3 is 19.7 Å². The van der Waals surface area contributed by atoms with E-state index in [1.54, 1.807) is 18.2 Å². The van der Waals surface area contributed by atoms with E-state index in [2.05, 4.69) is 5.32 Å². The highest BCUT2D eigenvalue weighted by molar-refractivity contribution is 6.07. The highest BCUT2D eigenvalue weighted by Gasteiger charge is 2.23. The summed E-state index contributed by atoms with van der Waals surface area (Å²) in [4.78, 5) is 26.3. The average molecular weight is 446 g/mol. The molecule has 3 aromatic rings. The smallest absolute Gasteiger partial charge is 0.261 e. The van der Waals surface area contributed by atoms with Crippen LogP contribution in [-0.4, -0.2) is 31.6 Å². The average Bonchev–Trinajstić information content (AvgIpc) is 2.83. The second-order valence-corrected chi connectivity index (χ2v) is 7.43. The number of carbonyl (C=O) groups is 2. The molecule has 1 aliphatic heterocycles. The molecular formula is C26H23FN2O4. The third-order valence-electron chi connectivity index (χ3n) is 5.00. The minimum absolute atomic E-state index is 0.149. The summed E-state index contributed by atoms with van der Waals surface area (Å²) in [5.74, 6) is -0.417. The second-order valence-electron chi connectivity index (χ2n) is 7.43. The molecule has 0 saturated carbocycles. The topological polar surface area (TPSA) is 67.9 Å². The Bertz CT molecular complexity index is 1190. The first-order valence-corrected chi connectivity index (χ1v) is 10.5. The largest absolute Gasteiger partial charge is 0.486 e. The summed E-state index contributed by atoms with van der Waals surface area (Å²) >= 11 is 0. The molecule has 7 heteroatoms. The maximum absolute atomic E-state index is 14.7. The maximum atomic E-state index is 14.7. The molecule has 1 N–H and O–H groups in total. The predicted octanol–water partition coefficient (Wildman–Crippen LogP) is 4.92. The monoisotopic (exact) mass is 446 g/mol. The van der Waals surface area contributed by atoms with Gasteiger partial charge in [0.15, 0.2) is 11.5 Å². The summed E-state index contributed by atoms with van der Waals surface area (Å²) in [6.45, 7) is 2.40. The molecule has 0 bridgehead atoms. The SMILES string of the molecule is CC(=O)Nc1ccc(F)c(C(=O)N(C/C=C/c2ccccc2)c2ccc3c(c2)OCCO3)c1. The fourth-order valence-electron chi connectivity index (χ4n) is 3.48. The number of benzene rings is 3. The van der Waals surface area contributed by atoms with Crippen LogP contribution in [0.5, 0.6) is 11.5 Å². The standard InChI is InChI=1S/C26H23FN2O4/c1-18(30)28-20-9-11-23(27)22(16-20)26(31)29(13-5-8-19-6-3-2-4-7-19)21-10-12-24-25(17-21)33-15-14-32-24/h2-12,16-17H,13-15H2,1H3,(H,28,30)/b8-5+. The molecule has 0 fully saturated rings. The second kappa shape index (κ2) is 9.99. The van der Waals surface area contributed by atoms with Crippen LogP contribution in [-0.2, 0) is 4.79 Å². The van der Waals surface area contributed by atoms with E-state index in [-0.39, 0.29) is 18.0 Å². The quantitative estimate of drug-likeness (QED) is 0.584. The highest BCUT2D eigenvalue weighted by atomic mass is 19.1. The van der Waals surface area contributed by atoms with Crippen LogP contribution < -0.4 is 19.7 Å². The summed E-state index contributed by atoms with van der Waals surface area (Å²) < 4.78 is 25.9. The van der Waals surface area contributed by atoms with Crippen LogP contribution in [0, 0.1) is 5.82 Å². The number of anilines is 2. The zero-order valence-electron chi connectivity index (χ0n) is 18.1. The van der Waals surface area contributed by atoms with E-state index in [1.807, 2.05) is 42.5 Å². The van der Waals surface area contributed by atoms with Crippen LogP contribution in [0.1, 0.15) is 22.8 Å². The third kappa shape index (κ3) is 5.38. The molecule has 3 aromatic carbocycles. The van der Waals surface area contributed by atoms with Gasteiger partial charge in [-0.3, -0.25) is 9.59 Å². The van der Waals surface area contributed by atoms with Crippen molar-refractivity contribution in [3.63, 3.8) is 0 Å². The van der Waals surface area contributed by atoms with Crippen molar-refractivity contribution in [3.8, 4) is 11.5 Å². The lowest BCUT2D eigenvalue weighted by Gasteiger charge is -2.25. The van der Waals surface area contributed by atoms with Crippen molar-refractivity contribution in [2.24, 2.45) is 0 Å². The summed E-state index contributed by atoms with van der Waals surface area (Å²) in [6.07, 6.45) is 3.72. The van der Waals surface area contributed by atoms with Crippen LogP contribution >= 0.6 is 0 Å². The van der Waals surface area contributed by atoms with E-state index < -0.39 is 11.7 Å². The molecular weight excluding hydrogens is 423 g/mol. The third-order valence-corrected chi connectivity index (χ3v) is 5.00. The Morgan fingerprint density at radius 2 is 1.76 bits per heavy atom. The fourth-order valence-corrected chi connectivity index (χ4v) is 3.48. The number of hydrogen-bond donors (Lipinski definition) is 1. The minimum Gasteiger partial charge on any atom is -0.486 e. The van der Waals surface area contributed by atoms with Crippen molar-refractivity contribution < 1.29 is 23.5 Å². The van der Waals surface area contributed by atoms with E-state index in [0.29, 0.717) is 36.1 Å². The number of hydrogen-bond acceptors (Lipinski definition) is 4. The van der Waals surface area contributed by atoms with Crippen molar-refractivity contribution in [1.29, 1.82) is 0 Å². The number of nitrogens with zero attached hydrogens (tertiary/aromatic N) is 1. The molecule has 33 heavy (non-hydrogen) atoms. The maximum Gasteiger partial charge on any atom is 0.261 e. The molecule has 1 heterocycles. The molecule has 0 atom stereocenters. The zero-order chi connectivity index (χ0) is 23.2. The molecule has 0 spiro atoms. The molecule has 168 valence electrons. The molecule has 0 saturated heterocycles. The lowest BCUT2D eigenvalue weighted by Crippen LogP contribution is -2.32. The first kappa shape index (κ1) is 22.1. The highest BCUT2D eigenvalue weighted by Crippen LogP contribution is 2.34. The molecule has 6 nitrogen and oxygen atoms in total. The summed E-state index contributed by atoms with van der Waals surface area (Å²) in [5.41, 5.74) is 1.70. The normalized spacial score (nSPS) is 12.4. The Morgan fingerprint density at radius 1 is 1.00 bits per heavy atom.